The number of hydrogen-bond donors (Lipinski definition) is 2. The van der Waals surface area contributed by atoms with Gasteiger partial charge < -0.3 is 5.11 Å². The van der Waals surface area contributed by atoms with Gasteiger partial charge in [0.1, 0.15) is 5.75 Å². The Bertz CT molecular complexity index is 415. The van der Waals surface area contributed by atoms with Gasteiger partial charge in [0.05, 0.1) is 15.0 Å². The van der Waals surface area contributed by atoms with E-state index in [4.69, 9.17) is 6.42 Å². The third-order valence-corrected chi connectivity index (χ3v) is 3.66. The summed E-state index contributed by atoms with van der Waals surface area (Å²) in [4.78, 5) is 0. The van der Waals surface area contributed by atoms with Crippen molar-refractivity contribution in [3.63, 3.8) is 0 Å². The zero-order valence-electron chi connectivity index (χ0n) is 9.80. The molecule has 0 aliphatic carbocycles. The molecule has 0 spiro atoms. The number of aromatic hydroxyl groups is 1. The maximum Gasteiger partial charge on any atom is 0.143 e. The van der Waals surface area contributed by atoms with E-state index in [2.05, 4.69) is 56.9 Å². The molecule has 0 fully saturated rings. The average Bonchev–Trinajstić information content (AvgIpc) is 2.26. The Hall–Kier alpha value is -0.500. The standard InChI is InChI=1S/C13H15Br2NO/c1-4-12(8(2)3)16-7-9-5-10(14)13(17)11(15)6-9/h1,5-6,8,12,16-17H,7H2,2-3H3. The Morgan fingerprint density at radius 1 is 1.35 bits per heavy atom. The first-order chi connectivity index (χ1) is 7.95. The predicted molar refractivity (Wildman–Crippen MR) is 77.8 cm³/mol. The fraction of sp³-hybridized carbons (Fsp3) is 0.385. The predicted octanol–water partition coefficient (Wildman–Crippen LogP) is 3.66. The molecule has 0 heterocycles. The van der Waals surface area contributed by atoms with Gasteiger partial charge in [-0.1, -0.05) is 19.8 Å². The molecule has 1 aromatic rings. The molecule has 92 valence electrons. The first-order valence-electron chi connectivity index (χ1n) is 5.32. The minimum Gasteiger partial charge on any atom is -0.506 e. The molecule has 17 heavy (non-hydrogen) atoms. The van der Waals surface area contributed by atoms with Crippen LogP contribution in [-0.4, -0.2) is 11.1 Å². The van der Waals surface area contributed by atoms with Crippen molar-refractivity contribution in [3.05, 3.63) is 26.6 Å². The Labute approximate surface area is 119 Å². The highest BCUT2D eigenvalue weighted by atomic mass is 79.9. The summed E-state index contributed by atoms with van der Waals surface area (Å²) in [6.07, 6.45) is 5.45. The zero-order valence-corrected chi connectivity index (χ0v) is 13.0. The second-order valence-corrected chi connectivity index (χ2v) is 5.89. The maximum atomic E-state index is 9.60. The fourth-order valence-electron chi connectivity index (χ4n) is 1.43. The normalized spacial score (nSPS) is 12.5. The third-order valence-electron chi connectivity index (χ3n) is 2.45. The molecule has 0 saturated heterocycles. The van der Waals surface area contributed by atoms with E-state index in [1.54, 1.807) is 0 Å². The van der Waals surface area contributed by atoms with Gasteiger partial charge in [-0.2, -0.15) is 0 Å². The van der Waals surface area contributed by atoms with E-state index in [1.807, 2.05) is 12.1 Å². The van der Waals surface area contributed by atoms with Crippen LogP contribution in [0, 0.1) is 18.3 Å². The molecule has 1 atom stereocenters. The molecule has 2 nitrogen and oxygen atoms in total. The molecular weight excluding hydrogens is 346 g/mol. The average molecular weight is 361 g/mol. The van der Waals surface area contributed by atoms with Crippen LogP contribution in [0.4, 0.5) is 0 Å². The van der Waals surface area contributed by atoms with E-state index >= 15 is 0 Å². The van der Waals surface area contributed by atoms with Gasteiger partial charge in [-0.05, 0) is 55.5 Å². The SMILES string of the molecule is C#CC(NCc1cc(Br)c(O)c(Br)c1)C(C)C. The Kier molecular flexibility index (Phi) is 5.51. The first-order valence-corrected chi connectivity index (χ1v) is 6.90. The van der Waals surface area contributed by atoms with Gasteiger partial charge in [0, 0.05) is 6.54 Å². The Morgan fingerprint density at radius 2 is 1.88 bits per heavy atom. The summed E-state index contributed by atoms with van der Waals surface area (Å²) in [5, 5.41) is 12.9. The first kappa shape index (κ1) is 14.6. The number of phenolic OH excluding ortho intramolecular Hbond substituents is 1. The quantitative estimate of drug-likeness (QED) is 0.803. The molecule has 2 N–H and O–H groups in total. The molecule has 0 bridgehead atoms. The molecule has 0 saturated carbocycles. The van der Waals surface area contributed by atoms with E-state index < -0.39 is 0 Å². The molecular formula is C13H15Br2NO. The second kappa shape index (κ2) is 6.44. The van der Waals surface area contributed by atoms with Gasteiger partial charge in [0.2, 0.25) is 0 Å². The monoisotopic (exact) mass is 359 g/mol. The van der Waals surface area contributed by atoms with Gasteiger partial charge in [-0.3, -0.25) is 5.32 Å². The summed E-state index contributed by atoms with van der Waals surface area (Å²) >= 11 is 6.60. The van der Waals surface area contributed by atoms with Crippen molar-refractivity contribution >= 4 is 31.9 Å². The van der Waals surface area contributed by atoms with Crippen LogP contribution in [0.25, 0.3) is 0 Å². The topological polar surface area (TPSA) is 32.3 Å². The summed E-state index contributed by atoms with van der Waals surface area (Å²) in [5.41, 5.74) is 1.06. The van der Waals surface area contributed by atoms with Crippen LogP contribution in [0.2, 0.25) is 0 Å². The lowest BCUT2D eigenvalue weighted by atomic mass is 10.1. The van der Waals surface area contributed by atoms with Crippen molar-refractivity contribution in [2.24, 2.45) is 5.92 Å². The second-order valence-electron chi connectivity index (χ2n) is 4.18. The van der Waals surface area contributed by atoms with Gasteiger partial charge in [-0.25, -0.2) is 0 Å². The summed E-state index contributed by atoms with van der Waals surface area (Å²) in [5.74, 6) is 3.33. The molecule has 0 aliphatic rings. The van der Waals surface area contributed by atoms with Crippen LogP contribution in [-0.2, 0) is 6.54 Å². The molecule has 0 aromatic heterocycles. The van der Waals surface area contributed by atoms with E-state index in [0.29, 0.717) is 21.4 Å². The van der Waals surface area contributed by atoms with Gasteiger partial charge in [0.15, 0.2) is 0 Å². The van der Waals surface area contributed by atoms with Crippen molar-refractivity contribution in [1.29, 1.82) is 0 Å². The molecule has 1 aromatic carbocycles. The summed E-state index contributed by atoms with van der Waals surface area (Å²) in [7, 11) is 0. The highest BCUT2D eigenvalue weighted by Gasteiger charge is 2.10. The molecule has 1 unspecified atom stereocenters. The van der Waals surface area contributed by atoms with E-state index in [-0.39, 0.29) is 11.8 Å². The number of rotatable bonds is 4. The number of benzene rings is 1. The number of phenols is 1. The van der Waals surface area contributed by atoms with Crippen molar-refractivity contribution in [2.75, 3.05) is 0 Å². The third kappa shape index (κ3) is 4.02. The molecule has 0 aliphatic heterocycles. The Balaban J connectivity index is 2.74. The number of nitrogens with one attached hydrogen (secondary N) is 1. The number of hydrogen-bond acceptors (Lipinski definition) is 2. The summed E-state index contributed by atoms with van der Waals surface area (Å²) < 4.78 is 1.34. The van der Waals surface area contributed by atoms with Crippen molar-refractivity contribution in [2.45, 2.75) is 26.4 Å². The highest BCUT2D eigenvalue weighted by molar-refractivity contribution is 9.11. The van der Waals surface area contributed by atoms with Crippen LogP contribution >= 0.6 is 31.9 Å². The van der Waals surface area contributed by atoms with E-state index in [0.717, 1.165) is 5.56 Å². The van der Waals surface area contributed by atoms with Crippen molar-refractivity contribution in [1.82, 2.24) is 5.32 Å². The van der Waals surface area contributed by atoms with Crippen LogP contribution in [0.3, 0.4) is 0 Å². The minimum atomic E-state index is 0.0568. The van der Waals surface area contributed by atoms with Crippen molar-refractivity contribution < 1.29 is 5.11 Å². The van der Waals surface area contributed by atoms with Crippen LogP contribution < -0.4 is 5.32 Å². The lowest BCUT2D eigenvalue weighted by Crippen LogP contribution is -2.31. The van der Waals surface area contributed by atoms with Crippen molar-refractivity contribution in [3.8, 4) is 18.1 Å². The Morgan fingerprint density at radius 3 is 2.29 bits per heavy atom. The summed E-state index contributed by atoms with van der Waals surface area (Å²) in [6, 6.07) is 3.81. The van der Waals surface area contributed by atoms with Crippen LogP contribution in [0.5, 0.6) is 5.75 Å². The van der Waals surface area contributed by atoms with E-state index in [9.17, 15) is 5.11 Å². The maximum absolute atomic E-state index is 9.60. The smallest absolute Gasteiger partial charge is 0.143 e. The fourth-order valence-corrected chi connectivity index (χ4v) is 2.72. The van der Waals surface area contributed by atoms with Gasteiger partial charge in [0.25, 0.3) is 0 Å². The molecule has 1 rings (SSSR count). The molecule has 0 amide bonds. The number of terminal acetylenes is 1. The van der Waals surface area contributed by atoms with Crippen LogP contribution in [0.15, 0.2) is 21.1 Å². The lowest BCUT2D eigenvalue weighted by Gasteiger charge is -2.17. The number of halogens is 2. The zero-order chi connectivity index (χ0) is 13.0. The molecule has 4 heteroatoms. The minimum absolute atomic E-state index is 0.0568. The summed E-state index contributed by atoms with van der Waals surface area (Å²) in [6.45, 7) is 4.84. The largest absolute Gasteiger partial charge is 0.506 e. The van der Waals surface area contributed by atoms with Gasteiger partial charge >= 0.3 is 0 Å². The van der Waals surface area contributed by atoms with Crippen LogP contribution in [0.1, 0.15) is 19.4 Å². The lowest BCUT2D eigenvalue weighted by molar-refractivity contribution is 0.465. The highest BCUT2D eigenvalue weighted by Crippen LogP contribution is 2.33. The molecule has 0 radical (unpaired) electrons. The van der Waals surface area contributed by atoms with E-state index in [1.165, 1.54) is 0 Å². The van der Waals surface area contributed by atoms with Gasteiger partial charge in [-0.15, -0.1) is 6.42 Å².